The van der Waals surface area contributed by atoms with Gasteiger partial charge in [0.2, 0.25) is 5.91 Å². The number of amides is 1. The maximum absolute atomic E-state index is 11.9. The highest BCUT2D eigenvalue weighted by Crippen LogP contribution is 2.08. The Hall–Kier alpha value is -0.610. The van der Waals surface area contributed by atoms with Crippen LogP contribution in [0.2, 0.25) is 0 Å². The highest BCUT2D eigenvalue weighted by molar-refractivity contribution is 5.76. The van der Waals surface area contributed by atoms with Gasteiger partial charge in [-0.15, -0.1) is 0 Å². The van der Waals surface area contributed by atoms with E-state index in [1.807, 2.05) is 11.8 Å². The Labute approximate surface area is 92.0 Å². The van der Waals surface area contributed by atoms with E-state index in [9.17, 15) is 4.79 Å². The number of nitrogens with one attached hydrogen (secondary N) is 1. The second-order valence-corrected chi connectivity index (χ2v) is 4.46. The molecule has 1 amide bonds. The van der Waals surface area contributed by atoms with Gasteiger partial charge in [-0.3, -0.25) is 4.79 Å². The Kier molecular flexibility index (Phi) is 5.05. The van der Waals surface area contributed by atoms with Gasteiger partial charge in [0, 0.05) is 45.8 Å². The molecular weight excluding hydrogens is 192 g/mol. The predicted octanol–water partition coefficient (Wildman–Crippen LogP) is 0.479. The Morgan fingerprint density at radius 3 is 3.00 bits per heavy atom. The molecule has 1 fully saturated rings. The van der Waals surface area contributed by atoms with Gasteiger partial charge in [0.15, 0.2) is 0 Å². The highest BCUT2D eigenvalue weighted by Gasteiger charge is 2.21. The largest absolute Gasteiger partial charge is 0.384 e. The van der Waals surface area contributed by atoms with E-state index in [-0.39, 0.29) is 5.91 Å². The number of rotatable bonds is 4. The van der Waals surface area contributed by atoms with Crippen molar-refractivity contribution < 1.29 is 9.53 Å². The zero-order chi connectivity index (χ0) is 11.3. The summed E-state index contributed by atoms with van der Waals surface area (Å²) in [6.45, 7) is 7.39. The maximum atomic E-state index is 11.9. The van der Waals surface area contributed by atoms with Crippen LogP contribution in [0.5, 0.6) is 0 Å². The summed E-state index contributed by atoms with van der Waals surface area (Å²) in [5.41, 5.74) is 0. The van der Waals surface area contributed by atoms with Crippen molar-refractivity contribution in [3.05, 3.63) is 0 Å². The van der Waals surface area contributed by atoms with Crippen LogP contribution in [0.1, 0.15) is 20.3 Å². The molecule has 0 aromatic rings. The van der Waals surface area contributed by atoms with E-state index in [0.29, 0.717) is 25.0 Å². The first-order chi connectivity index (χ1) is 7.13. The van der Waals surface area contributed by atoms with Gasteiger partial charge in [0.1, 0.15) is 0 Å². The number of carbonyl (C=O) groups is 1. The summed E-state index contributed by atoms with van der Waals surface area (Å²) in [7, 11) is 1.67. The van der Waals surface area contributed by atoms with E-state index in [0.717, 1.165) is 19.6 Å². The number of nitrogens with zero attached hydrogens (tertiary/aromatic N) is 1. The summed E-state index contributed by atoms with van der Waals surface area (Å²) in [5.74, 6) is 0.570. The topological polar surface area (TPSA) is 41.6 Å². The molecule has 88 valence electrons. The van der Waals surface area contributed by atoms with E-state index in [2.05, 4.69) is 12.2 Å². The number of methoxy groups -OCH3 is 1. The smallest absolute Gasteiger partial charge is 0.223 e. The van der Waals surface area contributed by atoms with Crippen LogP contribution in [-0.2, 0) is 9.53 Å². The van der Waals surface area contributed by atoms with Crippen LogP contribution < -0.4 is 5.32 Å². The van der Waals surface area contributed by atoms with Crippen LogP contribution in [0.3, 0.4) is 0 Å². The monoisotopic (exact) mass is 214 g/mol. The Morgan fingerprint density at radius 2 is 2.40 bits per heavy atom. The summed E-state index contributed by atoms with van der Waals surface area (Å²) < 4.78 is 5.03. The summed E-state index contributed by atoms with van der Waals surface area (Å²) >= 11 is 0. The van der Waals surface area contributed by atoms with Gasteiger partial charge < -0.3 is 15.0 Å². The standard InChI is InChI=1S/C11H22N2O2/c1-9(8-15-3)6-11(14)13-5-4-12-10(2)7-13/h9-10,12H,4-8H2,1-3H3/t9?,10-/m0/s1. The van der Waals surface area contributed by atoms with Crippen molar-refractivity contribution in [2.45, 2.75) is 26.3 Å². The third kappa shape index (κ3) is 4.18. The molecule has 15 heavy (non-hydrogen) atoms. The molecule has 1 saturated heterocycles. The molecule has 0 aromatic carbocycles. The van der Waals surface area contributed by atoms with Gasteiger partial charge in [-0.2, -0.15) is 0 Å². The lowest BCUT2D eigenvalue weighted by molar-refractivity contribution is -0.133. The minimum atomic E-state index is 0.257. The second-order valence-electron chi connectivity index (χ2n) is 4.46. The lowest BCUT2D eigenvalue weighted by atomic mass is 10.1. The molecule has 1 heterocycles. The highest BCUT2D eigenvalue weighted by atomic mass is 16.5. The first kappa shape index (κ1) is 12.5. The van der Waals surface area contributed by atoms with Gasteiger partial charge in [0.25, 0.3) is 0 Å². The fraction of sp³-hybridized carbons (Fsp3) is 0.909. The molecule has 1 aliphatic rings. The van der Waals surface area contributed by atoms with Gasteiger partial charge in [-0.05, 0) is 12.8 Å². The first-order valence-electron chi connectivity index (χ1n) is 5.63. The molecule has 1 unspecified atom stereocenters. The number of hydrogen-bond acceptors (Lipinski definition) is 3. The van der Waals surface area contributed by atoms with E-state index in [1.54, 1.807) is 7.11 Å². The number of carbonyl (C=O) groups excluding carboxylic acids is 1. The minimum Gasteiger partial charge on any atom is -0.384 e. The minimum absolute atomic E-state index is 0.257. The molecule has 1 N–H and O–H groups in total. The lowest BCUT2D eigenvalue weighted by Crippen LogP contribution is -2.51. The maximum Gasteiger partial charge on any atom is 0.223 e. The van der Waals surface area contributed by atoms with E-state index >= 15 is 0 Å². The molecule has 1 rings (SSSR count). The molecule has 4 heteroatoms. The fourth-order valence-corrected chi connectivity index (χ4v) is 1.93. The number of hydrogen-bond donors (Lipinski definition) is 1. The van der Waals surface area contributed by atoms with Crippen LogP contribution in [-0.4, -0.2) is 50.2 Å². The van der Waals surface area contributed by atoms with Crippen molar-refractivity contribution in [3.63, 3.8) is 0 Å². The van der Waals surface area contributed by atoms with E-state index in [1.165, 1.54) is 0 Å². The number of piperazine rings is 1. The molecule has 0 saturated carbocycles. The second kappa shape index (κ2) is 6.08. The SMILES string of the molecule is COCC(C)CC(=O)N1CCN[C@@H](C)C1. The zero-order valence-electron chi connectivity index (χ0n) is 9.95. The zero-order valence-corrected chi connectivity index (χ0v) is 9.95. The Bertz CT molecular complexity index is 209. The van der Waals surface area contributed by atoms with Gasteiger partial charge in [-0.1, -0.05) is 6.92 Å². The van der Waals surface area contributed by atoms with Crippen LogP contribution in [0.4, 0.5) is 0 Å². The average Bonchev–Trinajstić information content (AvgIpc) is 2.18. The van der Waals surface area contributed by atoms with Crippen molar-refractivity contribution in [2.75, 3.05) is 33.4 Å². The quantitative estimate of drug-likeness (QED) is 0.740. The van der Waals surface area contributed by atoms with Crippen molar-refractivity contribution in [1.29, 1.82) is 0 Å². The summed E-state index contributed by atoms with van der Waals surface area (Å²) in [6, 6.07) is 0.417. The van der Waals surface area contributed by atoms with Gasteiger partial charge in [-0.25, -0.2) is 0 Å². The average molecular weight is 214 g/mol. The molecule has 0 aromatic heterocycles. The molecule has 4 nitrogen and oxygen atoms in total. The molecule has 2 atom stereocenters. The summed E-state index contributed by atoms with van der Waals surface area (Å²) in [6.07, 6.45) is 0.598. The third-order valence-electron chi connectivity index (χ3n) is 2.70. The molecule has 1 aliphatic heterocycles. The Morgan fingerprint density at radius 1 is 1.67 bits per heavy atom. The molecule has 0 radical (unpaired) electrons. The predicted molar refractivity (Wildman–Crippen MR) is 59.7 cm³/mol. The van der Waals surface area contributed by atoms with Gasteiger partial charge >= 0.3 is 0 Å². The van der Waals surface area contributed by atoms with Crippen molar-refractivity contribution in [2.24, 2.45) is 5.92 Å². The van der Waals surface area contributed by atoms with Crippen LogP contribution in [0.25, 0.3) is 0 Å². The Balaban J connectivity index is 2.32. The van der Waals surface area contributed by atoms with Crippen LogP contribution in [0, 0.1) is 5.92 Å². The van der Waals surface area contributed by atoms with Crippen LogP contribution in [0.15, 0.2) is 0 Å². The molecule has 0 bridgehead atoms. The first-order valence-corrected chi connectivity index (χ1v) is 5.63. The molecule has 0 spiro atoms. The third-order valence-corrected chi connectivity index (χ3v) is 2.70. The normalized spacial score (nSPS) is 23.9. The fourth-order valence-electron chi connectivity index (χ4n) is 1.93. The van der Waals surface area contributed by atoms with Crippen molar-refractivity contribution in [3.8, 4) is 0 Å². The van der Waals surface area contributed by atoms with E-state index in [4.69, 9.17) is 4.74 Å². The van der Waals surface area contributed by atoms with Crippen molar-refractivity contribution in [1.82, 2.24) is 10.2 Å². The van der Waals surface area contributed by atoms with E-state index < -0.39 is 0 Å². The molecular formula is C11H22N2O2. The summed E-state index contributed by atoms with van der Waals surface area (Å²) in [5, 5.41) is 3.33. The lowest BCUT2D eigenvalue weighted by Gasteiger charge is -2.32. The van der Waals surface area contributed by atoms with Gasteiger partial charge in [0.05, 0.1) is 0 Å². The van der Waals surface area contributed by atoms with Crippen LogP contribution >= 0.6 is 0 Å². The summed E-state index contributed by atoms with van der Waals surface area (Å²) in [4.78, 5) is 13.8. The number of ether oxygens (including phenoxy) is 1. The van der Waals surface area contributed by atoms with Crippen molar-refractivity contribution >= 4 is 5.91 Å². The molecule has 0 aliphatic carbocycles.